The summed E-state index contributed by atoms with van der Waals surface area (Å²) in [7, 11) is 0. The highest BCUT2D eigenvalue weighted by atomic mass is 35.5. The van der Waals surface area contributed by atoms with Gasteiger partial charge in [-0.1, -0.05) is 54.1 Å². The highest BCUT2D eigenvalue weighted by Crippen LogP contribution is 2.52. The average Bonchev–Trinajstić information content (AvgIpc) is 3.25. The minimum atomic E-state index is -1.53. The summed E-state index contributed by atoms with van der Waals surface area (Å²) >= 11 is 12.9. The third kappa shape index (κ3) is 2.91. The van der Waals surface area contributed by atoms with Crippen molar-refractivity contribution in [3.8, 4) is 5.75 Å². The Hall–Kier alpha value is -2.05. The number of fused-ring (bicyclic) bond motifs is 2. The van der Waals surface area contributed by atoms with Gasteiger partial charge in [0.1, 0.15) is 12.4 Å². The Morgan fingerprint density at radius 1 is 1.15 bits per heavy atom. The fourth-order valence-electron chi connectivity index (χ4n) is 3.43. The lowest BCUT2D eigenvalue weighted by atomic mass is 10.1. The minimum absolute atomic E-state index is 0.244. The van der Waals surface area contributed by atoms with Crippen molar-refractivity contribution in [1.29, 1.82) is 0 Å². The fraction of sp³-hybridized carbons (Fsp3) is 0.250. The summed E-state index contributed by atoms with van der Waals surface area (Å²) in [4.78, 5) is 14.9. The van der Waals surface area contributed by atoms with Crippen molar-refractivity contribution in [2.45, 2.75) is 12.3 Å². The molecule has 0 aromatic heterocycles. The number of nitrogens with zero attached hydrogens (tertiary/aromatic N) is 1. The van der Waals surface area contributed by atoms with Gasteiger partial charge in [-0.3, -0.25) is 4.79 Å². The molecule has 7 heteroatoms. The first-order valence-corrected chi connectivity index (χ1v) is 9.24. The topological polar surface area (TPSA) is 48.0 Å². The Labute approximate surface area is 167 Å². The van der Waals surface area contributed by atoms with E-state index < -0.39 is 5.79 Å². The van der Waals surface area contributed by atoms with E-state index >= 15 is 0 Å². The number of para-hydroxylation sites is 1. The van der Waals surface area contributed by atoms with Gasteiger partial charge in [-0.15, -0.1) is 0 Å². The maximum Gasteiger partial charge on any atom is 0.292 e. The van der Waals surface area contributed by atoms with Gasteiger partial charge in [-0.2, -0.15) is 0 Å². The Kier molecular flexibility index (Phi) is 4.86. The van der Waals surface area contributed by atoms with Gasteiger partial charge in [0.05, 0.1) is 41.1 Å². The van der Waals surface area contributed by atoms with Crippen LogP contribution in [-0.2, 0) is 26.6 Å². The molecule has 0 atom stereocenters. The van der Waals surface area contributed by atoms with E-state index in [1.54, 1.807) is 23.1 Å². The maximum atomic E-state index is 13.3. The third-order valence-corrected chi connectivity index (χ3v) is 5.18. The smallest absolute Gasteiger partial charge is 0.292 e. The number of hydrogen-bond donors (Lipinski definition) is 0. The summed E-state index contributed by atoms with van der Waals surface area (Å²) in [5.41, 5.74) is 1.79. The predicted molar refractivity (Wildman–Crippen MR) is 103 cm³/mol. The third-order valence-electron chi connectivity index (χ3n) is 4.56. The van der Waals surface area contributed by atoms with Crippen molar-refractivity contribution in [2.75, 3.05) is 24.7 Å². The number of carbonyl (C=O) groups excluding carboxylic acids is 1. The van der Waals surface area contributed by atoms with Crippen molar-refractivity contribution in [3.63, 3.8) is 0 Å². The molecule has 1 saturated heterocycles. The zero-order valence-electron chi connectivity index (χ0n) is 14.4. The maximum absolute atomic E-state index is 13.3. The molecule has 1 amide bonds. The van der Waals surface area contributed by atoms with E-state index in [1.165, 1.54) is 0 Å². The highest BCUT2D eigenvalue weighted by molar-refractivity contribution is 6.38. The lowest BCUT2D eigenvalue weighted by molar-refractivity contribution is -0.180. The highest BCUT2D eigenvalue weighted by Gasteiger charge is 2.58. The van der Waals surface area contributed by atoms with Crippen LogP contribution in [0, 0.1) is 0 Å². The molecule has 5 nitrogen and oxygen atoms in total. The number of anilines is 1. The van der Waals surface area contributed by atoms with Gasteiger partial charge in [0, 0.05) is 5.56 Å². The summed E-state index contributed by atoms with van der Waals surface area (Å²) in [6.45, 7) is 4.89. The van der Waals surface area contributed by atoms with Crippen molar-refractivity contribution >= 4 is 34.8 Å². The normalized spacial score (nSPS) is 17.4. The molecule has 2 aromatic carbocycles. The number of hydrogen-bond acceptors (Lipinski definition) is 4. The molecule has 2 aliphatic heterocycles. The first kappa shape index (κ1) is 18.3. The number of rotatable bonds is 5. The molecule has 1 spiro atoms. The van der Waals surface area contributed by atoms with Gasteiger partial charge in [0.2, 0.25) is 0 Å². The van der Waals surface area contributed by atoms with E-state index in [2.05, 4.69) is 6.58 Å². The number of benzene rings is 2. The van der Waals surface area contributed by atoms with E-state index in [9.17, 15) is 4.79 Å². The number of carbonyl (C=O) groups is 1. The van der Waals surface area contributed by atoms with E-state index in [-0.39, 0.29) is 12.5 Å². The molecule has 140 valence electrons. The van der Waals surface area contributed by atoms with Crippen molar-refractivity contribution in [1.82, 2.24) is 0 Å². The van der Waals surface area contributed by atoms with Gasteiger partial charge in [0.15, 0.2) is 0 Å². The molecule has 0 aliphatic carbocycles. The molecule has 1 fully saturated rings. The molecule has 0 saturated carbocycles. The quantitative estimate of drug-likeness (QED) is 0.695. The van der Waals surface area contributed by atoms with Gasteiger partial charge >= 0.3 is 0 Å². The van der Waals surface area contributed by atoms with Gasteiger partial charge in [-0.25, -0.2) is 0 Å². The number of ether oxygens (including phenoxy) is 3. The van der Waals surface area contributed by atoms with Crippen LogP contribution in [-0.4, -0.2) is 25.7 Å². The van der Waals surface area contributed by atoms with E-state index in [0.717, 1.165) is 5.56 Å². The molecule has 2 aliphatic rings. The van der Waals surface area contributed by atoms with Crippen LogP contribution >= 0.6 is 23.2 Å². The SMILES string of the molecule is C=CCOc1ccccc1CN1C(=O)C2(OCCO2)c2c(Cl)ccc(Cl)c21. The molecule has 0 unspecified atom stereocenters. The number of amides is 1. The molecule has 4 rings (SSSR count). The average molecular weight is 406 g/mol. The summed E-state index contributed by atoms with van der Waals surface area (Å²) in [6.07, 6.45) is 1.67. The zero-order valence-corrected chi connectivity index (χ0v) is 15.9. The summed E-state index contributed by atoms with van der Waals surface area (Å²) in [5.74, 6) is -1.21. The second-order valence-corrected chi connectivity index (χ2v) is 6.98. The Morgan fingerprint density at radius 3 is 2.59 bits per heavy atom. The van der Waals surface area contributed by atoms with Crippen LogP contribution in [0.25, 0.3) is 0 Å². The molecule has 0 N–H and O–H groups in total. The van der Waals surface area contributed by atoms with Crippen LogP contribution in [0.2, 0.25) is 10.0 Å². The predicted octanol–water partition coefficient (Wildman–Crippen LogP) is 4.30. The first-order valence-electron chi connectivity index (χ1n) is 8.48. The van der Waals surface area contributed by atoms with E-state index in [0.29, 0.717) is 46.9 Å². The van der Waals surface area contributed by atoms with Crippen LogP contribution in [0.4, 0.5) is 5.69 Å². The second kappa shape index (κ2) is 7.17. The lowest BCUT2D eigenvalue weighted by Crippen LogP contribution is -2.41. The zero-order chi connectivity index (χ0) is 19.0. The lowest BCUT2D eigenvalue weighted by Gasteiger charge is -2.23. The van der Waals surface area contributed by atoms with Crippen molar-refractivity contribution in [2.24, 2.45) is 0 Å². The van der Waals surface area contributed by atoms with E-state index in [1.807, 2.05) is 24.3 Å². The Morgan fingerprint density at radius 2 is 1.85 bits per heavy atom. The summed E-state index contributed by atoms with van der Waals surface area (Å²) in [6, 6.07) is 10.8. The van der Waals surface area contributed by atoms with Gasteiger partial charge in [0.25, 0.3) is 11.7 Å². The molecular formula is C20H17Cl2NO4. The van der Waals surface area contributed by atoms with Gasteiger partial charge < -0.3 is 19.1 Å². The van der Waals surface area contributed by atoms with Crippen molar-refractivity contribution in [3.05, 3.63) is 70.2 Å². The van der Waals surface area contributed by atoms with Crippen LogP contribution in [0.5, 0.6) is 5.75 Å². The Balaban J connectivity index is 1.79. The molecular weight excluding hydrogens is 389 g/mol. The van der Waals surface area contributed by atoms with Crippen molar-refractivity contribution < 1.29 is 19.0 Å². The minimum Gasteiger partial charge on any atom is -0.489 e. The summed E-state index contributed by atoms with van der Waals surface area (Å²) in [5, 5.41) is 0.784. The second-order valence-electron chi connectivity index (χ2n) is 6.17. The number of halogens is 2. The van der Waals surface area contributed by atoms with Gasteiger partial charge in [-0.05, 0) is 18.2 Å². The van der Waals surface area contributed by atoms with Crippen LogP contribution < -0.4 is 9.64 Å². The monoisotopic (exact) mass is 405 g/mol. The standard InChI is InChI=1S/C20H17Cl2NO4/c1-2-9-25-16-6-4-3-5-13(16)12-23-18-15(22)8-7-14(21)17(18)20(19(23)24)26-10-11-27-20/h2-8H,1,9-12H2. The van der Waals surface area contributed by atoms with Crippen LogP contribution in [0.3, 0.4) is 0 Å². The molecule has 27 heavy (non-hydrogen) atoms. The fourth-order valence-corrected chi connectivity index (χ4v) is 3.97. The van der Waals surface area contributed by atoms with Crippen LogP contribution in [0.1, 0.15) is 11.1 Å². The van der Waals surface area contributed by atoms with Crippen LogP contribution in [0.15, 0.2) is 49.1 Å². The summed E-state index contributed by atoms with van der Waals surface area (Å²) < 4.78 is 17.2. The molecule has 2 aromatic rings. The Bertz CT molecular complexity index is 909. The largest absolute Gasteiger partial charge is 0.489 e. The molecule has 0 radical (unpaired) electrons. The first-order chi connectivity index (χ1) is 13.1. The van der Waals surface area contributed by atoms with E-state index in [4.69, 9.17) is 37.4 Å². The molecule has 0 bridgehead atoms. The molecule has 2 heterocycles.